The van der Waals surface area contributed by atoms with Crippen molar-refractivity contribution in [2.24, 2.45) is 0 Å². The average molecular weight is 775 g/mol. The predicted molar refractivity (Wildman–Crippen MR) is 200 cm³/mol. The van der Waals surface area contributed by atoms with E-state index in [9.17, 15) is 0 Å². The van der Waals surface area contributed by atoms with Gasteiger partial charge in [-0.2, -0.15) is 0 Å². The molecule has 0 saturated heterocycles. The molecule has 0 fully saturated rings. The molecule has 46 heavy (non-hydrogen) atoms. The van der Waals surface area contributed by atoms with Gasteiger partial charge in [-0.3, -0.25) is 0 Å². The Hall–Kier alpha value is -4.11. The van der Waals surface area contributed by atoms with Crippen LogP contribution >= 0.6 is 0 Å². The number of hydrogen-bond donors (Lipinski definition) is 0. The van der Waals surface area contributed by atoms with E-state index in [0.717, 1.165) is 0 Å². The molecule has 0 aliphatic heterocycles. The van der Waals surface area contributed by atoms with E-state index in [0.29, 0.717) is 0 Å². The fraction of sp³-hybridized carbons (Fsp3) is 0.0909. The third kappa shape index (κ3) is 3.58. The van der Waals surface area contributed by atoms with E-state index >= 15 is 0 Å². The minimum absolute atomic E-state index is 0.187. The van der Waals surface area contributed by atoms with Crippen molar-refractivity contribution in [2.45, 2.75) is 16.7 Å². The van der Waals surface area contributed by atoms with Crippen molar-refractivity contribution >= 4 is 25.7 Å². The molecule has 0 radical (unpaired) electrons. The molecule has 2 aliphatic carbocycles. The summed E-state index contributed by atoms with van der Waals surface area (Å²) in [6.07, 6.45) is 10.1. The van der Waals surface area contributed by atoms with Gasteiger partial charge in [-0.1, -0.05) is 0 Å². The third-order valence-electron chi connectivity index (χ3n) is 12.8. The van der Waals surface area contributed by atoms with Crippen LogP contribution < -0.4 is 6.64 Å². The monoisotopic (exact) mass is 776 g/mol. The van der Waals surface area contributed by atoms with Crippen LogP contribution in [0.3, 0.4) is 0 Å². The summed E-state index contributed by atoms with van der Waals surface area (Å²) in [7, 11) is 0. The second-order valence-electron chi connectivity index (χ2n) is 15.7. The van der Waals surface area contributed by atoms with Crippen LogP contribution in [0.4, 0.5) is 0 Å². The molecule has 8 rings (SSSR count). The van der Waals surface area contributed by atoms with Crippen LogP contribution in [0.1, 0.15) is 29.6 Å². The molecule has 0 aromatic heterocycles. The molecule has 2 heteroatoms. The van der Waals surface area contributed by atoms with Gasteiger partial charge in [0.15, 0.2) is 0 Å². The maximum atomic E-state index is 2.78. The van der Waals surface area contributed by atoms with Crippen molar-refractivity contribution in [3.05, 3.63) is 192 Å². The summed E-state index contributed by atoms with van der Waals surface area (Å²) in [5.74, 6) is 0. The molecule has 0 saturated carbocycles. The molecule has 224 valence electrons. The van der Waals surface area contributed by atoms with Gasteiger partial charge in [-0.15, -0.1) is 0 Å². The quantitative estimate of drug-likeness (QED) is 0.148. The van der Waals surface area contributed by atoms with Gasteiger partial charge in [0.25, 0.3) is 0 Å². The minimum atomic E-state index is -5.89. The van der Waals surface area contributed by atoms with Crippen LogP contribution in [0.15, 0.2) is 170 Å². The predicted octanol–water partition coefficient (Wildman–Crippen LogP) is 9.91. The maximum absolute atomic E-state index is 5.89. The second kappa shape index (κ2) is 9.47. The molecular weight excluding hydrogens is 735 g/mol. The van der Waals surface area contributed by atoms with Crippen molar-refractivity contribution in [3.8, 4) is 22.3 Å². The van der Waals surface area contributed by atoms with Gasteiger partial charge in [-0.25, -0.2) is 0 Å². The van der Waals surface area contributed by atoms with Crippen LogP contribution in [-0.4, -0.2) is 6.94 Å². The second-order valence-corrected chi connectivity index (χ2v) is 84.3. The summed E-state index contributed by atoms with van der Waals surface area (Å²) in [4.78, 5) is 0. The summed E-state index contributed by atoms with van der Waals surface area (Å²) in [6.45, 7) is 2.42. The van der Waals surface area contributed by atoms with E-state index < -0.39 is 14.2 Å². The van der Waals surface area contributed by atoms with Crippen molar-refractivity contribution in [2.75, 3.05) is 0 Å². The summed E-state index contributed by atoms with van der Waals surface area (Å²) >= 11 is -5.89. The number of benzene rings is 6. The first-order chi connectivity index (χ1) is 22.2. The first kappa shape index (κ1) is 29.3. The number of rotatable bonds is 6. The fourth-order valence-corrected chi connectivity index (χ4v) is 57.2. The van der Waals surface area contributed by atoms with E-state index in [1.54, 1.807) is 0 Å². The first-order valence-electron chi connectivity index (χ1n) is 16.5. The van der Waals surface area contributed by atoms with Crippen LogP contribution in [0.5, 0.6) is 0 Å². The Morgan fingerprint density at radius 3 is 1.13 bits per heavy atom. The molecule has 2 atom stereocenters. The standard InChI is InChI=1S/2C15H11.2C6H5.2CH3.Hf.H2Si/c2*1-2-6-12(7-3-1)14-10-4-8-13-9-5-11-15(13)14;2*1-2-4-6-5-3-1;;;;/h2*1-11H;2*1-5H;2*1H3;;1H2. The Morgan fingerprint density at radius 2 is 0.761 bits per heavy atom. The average Bonchev–Trinajstić information content (AvgIpc) is 3.78. The summed E-state index contributed by atoms with van der Waals surface area (Å²) in [5, 5.41) is 0. The SMILES string of the molecule is [CH3][Hf]([CH3])(=[SiH2])([c]1ccccc1)([c]1ccccc1)([CH]1C=Cc2c(-c3ccccc3)cccc21)[CH]1C=Cc2c(-c3ccccc3)cccc21. The zero-order chi connectivity index (χ0) is 31.5. The normalized spacial score (nSPS) is 19.0. The van der Waals surface area contributed by atoms with E-state index in [4.69, 9.17) is 0 Å². The van der Waals surface area contributed by atoms with Crippen molar-refractivity contribution in [3.63, 3.8) is 0 Å². The molecule has 0 nitrogen and oxygen atoms in total. The van der Waals surface area contributed by atoms with Gasteiger partial charge < -0.3 is 0 Å². The summed E-state index contributed by atoms with van der Waals surface area (Å²) in [6, 6.07) is 59.1. The Labute approximate surface area is 269 Å². The Balaban J connectivity index is 1.53. The Kier molecular flexibility index (Phi) is 6.03. The van der Waals surface area contributed by atoms with E-state index in [1.165, 1.54) is 51.1 Å². The van der Waals surface area contributed by atoms with Crippen LogP contribution in [0.2, 0.25) is 9.36 Å². The van der Waals surface area contributed by atoms with Gasteiger partial charge in [-0.05, 0) is 0 Å². The van der Waals surface area contributed by atoms with Gasteiger partial charge in [0, 0.05) is 0 Å². The van der Waals surface area contributed by atoms with Crippen LogP contribution in [-0.2, 0) is 14.2 Å². The van der Waals surface area contributed by atoms with E-state index in [2.05, 4.69) is 198 Å². The zero-order valence-electron chi connectivity index (χ0n) is 26.7. The Bertz CT molecular complexity index is 2160. The van der Waals surface area contributed by atoms with Crippen LogP contribution in [0.25, 0.3) is 34.4 Å². The summed E-state index contributed by atoms with van der Waals surface area (Å²) < 4.78 is 8.93. The van der Waals surface area contributed by atoms with E-state index in [-0.39, 0.29) is 7.35 Å². The van der Waals surface area contributed by atoms with E-state index in [1.807, 2.05) is 0 Å². The molecule has 0 bridgehead atoms. The zero-order valence-corrected chi connectivity index (χ0v) is 31.7. The molecule has 6 aromatic carbocycles. The first-order valence-corrected chi connectivity index (χ1v) is 39.8. The summed E-state index contributed by atoms with van der Waals surface area (Å²) in [5.41, 5.74) is 10.8. The van der Waals surface area contributed by atoms with Gasteiger partial charge in [0.2, 0.25) is 0 Å². The molecule has 6 aromatic rings. The van der Waals surface area contributed by atoms with Crippen LogP contribution in [0, 0.1) is 0 Å². The van der Waals surface area contributed by atoms with Gasteiger partial charge in [0.05, 0.1) is 0 Å². The topological polar surface area (TPSA) is 0 Å². The molecular formula is C44H40HfSi. The van der Waals surface area contributed by atoms with Gasteiger partial charge >= 0.3 is 271 Å². The molecule has 2 aliphatic rings. The molecule has 0 heterocycles. The molecule has 0 amide bonds. The third-order valence-corrected chi connectivity index (χ3v) is 69.9. The molecule has 0 N–H and O–H groups in total. The number of hydrogen-bond acceptors (Lipinski definition) is 0. The fourth-order valence-electron chi connectivity index (χ4n) is 9.98. The number of allylic oxidation sites excluding steroid dienone is 2. The molecule has 0 spiro atoms. The number of fused-ring (bicyclic) bond motifs is 2. The molecule has 2 unspecified atom stereocenters. The van der Waals surface area contributed by atoms with Crippen molar-refractivity contribution in [1.82, 2.24) is 0 Å². The van der Waals surface area contributed by atoms with Crippen molar-refractivity contribution < 1.29 is 14.2 Å². The Morgan fingerprint density at radius 1 is 0.413 bits per heavy atom. The van der Waals surface area contributed by atoms with Crippen molar-refractivity contribution in [1.29, 1.82) is 0 Å². The van der Waals surface area contributed by atoms with Gasteiger partial charge in [0.1, 0.15) is 0 Å².